The Balaban J connectivity index is 2.34. The normalized spacial score (nSPS) is 15.0. The van der Waals surface area contributed by atoms with Gasteiger partial charge in [0.15, 0.2) is 0 Å². The lowest BCUT2D eigenvalue weighted by Crippen LogP contribution is -2.46. The number of hydrogen-bond donors (Lipinski definition) is 3. The van der Waals surface area contributed by atoms with Gasteiger partial charge in [0.2, 0.25) is 0 Å². The fourth-order valence-corrected chi connectivity index (χ4v) is 4.13. The van der Waals surface area contributed by atoms with E-state index in [9.17, 15) is 24.4 Å². The Labute approximate surface area is 202 Å². The quantitative estimate of drug-likeness (QED) is 0.340. The first-order chi connectivity index (χ1) is 15.9. The molecule has 34 heavy (non-hydrogen) atoms. The standard InChI is InChI=1S/C26H36NO6P/c1-7-15(3)23(25(30)33-8-2)27-24(29)21-14-18(9-10-22(21)28)13-20-16(4)11-19(12-17(20)5)26(6,31)34-32/h9-12,14-15,23,28,31H,7-8,13,34H2,1-6H3,(H,27,29). The molecule has 8 heteroatoms. The Morgan fingerprint density at radius 2 is 1.76 bits per heavy atom. The molecular weight excluding hydrogens is 453 g/mol. The molecule has 0 saturated heterocycles. The third-order valence-electron chi connectivity index (χ3n) is 6.24. The van der Waals surface area contributed by atoms with E-state index in [1.54, 1.807) is 19.1 Å². The number of ether oxygens (including phenoxy) is 1. The summed E-state index contributed by atoms with van der Waals surface area (Å²) in [7, 11) is -1.40. The number of amides is 1. The molecule has 0 aliphatic carbocycles. The van der Waals surface area contributed by atoms with E-state index in [2.05, 4.69) is 5.32 Å². The maximum Gasteiger partial charge on any atom is 0.328 e. The smallest absolute Gasteiger partial charge is 0.328 e. The number of benzene rings is 2. The van der Waals surface area contributed by atoms with E-state index in [0.29, 0.717) is 18.4 Å². The fraction of sp³-hybridized carbons (Fsp3) is 0.462. The van der Waals surface area contributed by atoms with Crippen LogP contribution in [0.25, 0.3) is 0 Å². The average molecular weight is 490 g/mol. The third-order valence-corrected chi connectivity index (χ3v) is 7.03. The zero-order valence-electron chi connectivity index (χ0n) is 20.8. The van der Waals surface area contributed by atoms with E-state index in [4.69, 9.17) is 4.74 Å². The van der Waals surface area contributed by atoms with Crippen LogP contribution in [0.5, 0.6) is 5.75 Å². The van der Waals surface area contributed by atoms with Gasteiger partial charge in [-0.15, -0.1) is 0 Å². The van der Waals surface area contributed by atoms with Crippen molar-refractivity contribution >= 4 is 20.3 Å². The van der Waals surface area contributed by atoms with Crippen LogP contribution in [0.2, 0.25) is 0 Å². The SMILES string of the molecule is CCOC(=O)C(NC(=O)c1cc(Cc2c(C)cc(C(C)(O)[PH2]=O)cc2C)ccc1O)C(C)CC. The lowest BCUT2D eigenvalue weighted by molar-refractivity contribution is -0.146. The van der Waals surface area contributed by atoms with Crippen molar-refractivity contribution in [1.82, 2.24) is 5.32 Å². The molecule has 0 aromatic heterocycles. The Morgan fingerprint density at radius 3 is 2.29 bits per heavy atom. The highest BCUT2D eigenvalue weighted by atomic mass is 31.1. The molecule has 0 spiro atoms. The van der Waals surface area contributed by atoms with Gasteiger partial charge in [-0.2, -0.15) is 0 Å². The van der Waals surface area contributed by atoms with Crippen LogP contribution in [-0.4, -0.2) is 34.7 Å². The molecule has 0 aliphatic rings. The summed E-state index contributed by atoms with van der Waals surface area (Å²) in [5.74, 6) is -1.35. The summed E-state index contributed by atoms with van der Waals surface area (Å²) in [5.41, 5.74) is 4.38. The lowest BCUT2D eigenvalue weighted by atomic mass is 9.92. The number of phenolic OH excluding ortho intramolecular Hbond substituents is 1. The lowest BCUT2D eigenvalue weighted by Gasteiger charge is -2.23. The van der Waals surface area contributed by atoms with E-state index in [1.807, 2.05) is 39.8 Å². The van der Waals surface area contributed by atoms with E-state index < -0.39 is 31.7 Å². The number of nitrogens with one attached hydrogen (secondary N) is 1. The molecule has 186 valence electrons. The molecular formula is C26H36NO6P. The minimum atomic E-state index is -1.40. The van der Waals surface area contributed by atoms with Crippen molar-refractivity contribution in [3.63, 3.8) is 0 Å². The Kier molecular flexibility index (Phi) is 9.48. The number of aromatic hydroxyl groups is 1. The van der Waals surface area contributed by atoms with Gasteiger partial charge in [-0.25, -0.2) is 4.79 Å². The summed E-state index contributed by atoms with van der Waals surface area (Å²) < 4.78 is 16.6. The van der Waals surface area contributed by atoms with E-state index >= 15 is 0 Å². The zero-order chi connectivity index (χ0) is 25.6. The summed E-state index contributed by atoms with van der Waals surface area (Å²) in [5, 5.41) is 22.1. The van der Waals surface area contributed by atoms with Gasteiger partial charge in [0.05, 0.1) is 20.6 Å². The van der Waals surface area contributed by atoms with Gasteiger partial charge in [-0.05, 0) is 80.0 Å². The van der Waals surface area contributed by atoms with Gasteiger partial charge in [0.25, 0.3) is 5.91 Å². The van der Waals surface area contributed by atoms with Gasteiger partial charge in [-0.3, -0.25) is 4.79 Å². The number of rotatable bonds is 10. The molecule has 1 amide bonds. The van der Waals surface area contributed by atoms with Crippen LogP contribution in [-0.2, 0) is 25.9 Å². The van der Waals surface area contributed by atoms with Crippen LogP contribution >= 0.6 is 8.46 Å². The Hall–Kier alpha value is -2.63. The number of carbonyl (C=O) groups excluding carboxylic acids is 2. The summed E-state index contributed by atoms with van der Waals surface area (Å²) in [4.78, 5) is 25.4. The molecule has 4 atom stereocenters. The van der Waals surface area contributed by atoms with Crippen molar-refractivity contribution in [1.29, 1.82) is 0 Å². The van der Waals surface area contributed by atoms with Gasteiger partial charge in [-0.1, -0.05) is 38.5 Å². The summed E-state index contributed by atoms with van der Waals surface area (Å²) >= 11 is 0. The molecule has 0 radical (unpaired) electrons. The van der Waals surface area contributed by atoms with E-state index in [0.717, 1.165) is 22.3 Å². The van der Waals surface area contributed by atoms with Gasteiger partial charge in [0, 0.05) is 0 Å². The second-order valence-corrected chi connectivity index (χ2v) is 10.3. The number of carbonyl (C=O) groups is 2. The maximum atomic E-state index is 13.0. The molecule has 0 fully saturated rings. The van der Waals surface area contributed by atoms with Crippen LogP contribution in [0, 0.1) is 19.8 Å². The molecule has 0 heterocycles. The van der Waals surface area contributed by atoms with Crippen molar-refractivity contribution in [3.8, 4) is 5.75 Å². The summed E-state index contributed by atoms with van der Waals surface area (Å²) in [6.07, 6.45) is 1.17. The number of esters is 1. The van der Waals surface area contributed by atoms with E-state index in [-0.39, 0.29) is 23.8 Å². The second kappa shape index (κ2) is 11.7. The summed E-state index contributed by atoms with van der Waals surface area (Å²) in [6, 6.07) is 7.68. The monoisotopic (exact) mass is 489 g/mol. The molecule has 2 aromatic carbocycles. The highest BCUT2D eigenvalue weighted by Gasteiger charge is 2.28. The van der Waals surface area contributed by atoms with Crippen molar-refractivity contribution in [3.05, 3.63) is 63.7 Å². The molecule has 0 aliphatic heterocycles. The molecule has 3 N–H and O–H groups in total. The van der Waals surface area contributed by atoms with Gasteiger partial charge < -0.3 is 24.8 Å². The summed E-state index contributed by atoms with van der Waals surface area (Å²) in [6.45, 7) is 11.1. The van der Waals surface area contributed by atoms with Crippen LogP contribution in [0.1, 0.15) is 72.3 Å². The first kappa shape index (κ1) is 27.6. The van der Waals surface area contributed by atoms with Gasteiger partial charge in [0.1, 0.15) is 17.1 Å². The highest BCUT2D eigenvalue weighted by Crippen LogP contribution is 2.34. The minimum Gasteiger partial charge on any atom is -0.507 e. The topological polar surface area (TPSA) is 113 Å². The Bertz CT molecular complexity index is 1040. The van der Waals surface area contributed by atoms with Gasteiger partial charge >= 0.3 is 5.97 Å². The largest absolute Gasteiger partial charge is 0.507 e. The Morgan fingerprint density at radius 1 is 1.15 bits per heavy atom. The van der Waals surface area contributed by atoms with Crippen LogP contribution < -0.4 is 5.32 Å². The van der Waals surface area contributed by atoms with Crippen LogP contribution in [0.4, 0.5) is 0 Å². The third kappa shape index (κ3) is 6.49. The molecule has 7 nitrogen and oxygen atoms in total. The van der Waals surface area contributed by atoms with Crippen molar-refractivity contribution in [2.45, 2.75) is 65.8 Å². The molecule has 2 aromatic rings. The predicted octanol–water partition coefficient (Wildman–Crippen LogP) is 4.23. The predicted molar refractivity (Wildman–Crippen MR) is 134 cm³/mol. The molecule has 2 rings (SSSR count). The average Bonchev–Trinajstić information content (AvgIpc) is 2.80. The van der Waals surface area contributed by atoms with E-state index in [1.165, 1.54) is 13.0 Å². The van der Waals surface area contributed by atoms with Crippen molar-refractivity contribution in [2.24, 2.45) is 5.92 Å². The number of phenols is 1. The number of hydrogen-bond acceptors (Lipinski definition) is 6. The number of aliphatic hydroxyl groups is 1. The first-order valence-electron chi connectivity index (χ1n) is 11.5. The molecule has 0 saturated carbocycles. The maximum absolute atomic E-state index is 13.0. The minimum absolute atomic E-state index is 0.0833. The van der Waals surface area contributed by atoms with Crippen LogP contribution in [0.15, 0.2) is 30.3 Å². The van der Waals surface area contributed by atoms with Crippen molar-refractivity contribution < 1.29 is 29.1 Å². The number of aryl methyl sites for hydroxylation is 2. The molecule has 4 unspecified atom stereocenters. The molecule has 0 bridgehead atoms. The first-order valence-corrected chi connectivity index (χ1v) is 12.6. The fourth-order valence-electron chi connectivity index (χ4n) is 3.83. The zero-order valence-corrected chi connectivity index (χ0v) is 21.9. The second-order valence-electron chi connectivity index (χ2n) is 8.97. The van der Waals surface area contributed by atoms with Crippen molar-refractivity contribution in [2.75, 3.05) is 6.61 Å². The highest BCUT2D eigenvalue weighted by molar-refractivity contribution is 7.25. The van der Waals surface area contributed by atoms with Crippen LogP contribution in [0.3, 0.4) is 0 Å².